The predicted molar refractivity (Wildman–Crippen MR) is 178 cm³/mol. The van der Waals surface area contributed by atoms with E-state index in [1.54, 1.807) is 0 Å². The maximum absolute atomic E-state index is 12.7. The van der Waals surface area contributed by atoms with Gasteiger partial charge in [-0.15, -0.1) is 0 Å². The Bertz CT molecular complexity index is 959. The fourth-order valence-electron chi connectivity index (χ4n) is 3.18. The molecule has 0 rings (SSSR count). The Labute approximate surface area is 343 Å². The summed E-state index contributed by atoms with van der Waals surface area (Å²) in [5.41, 5.74) is 0. The van der Waals surface area contributed by atoms with E-state index in [1.807, 2.05) is 0 Å². The zero-order valence-corrected chi connectivity index (χ0v) is 45.3. The summed E-state index contributed by atoms with van der Waals surface area (Å²) >= 11 is -35.1. The molecule has 0 aromatic carbocycles. The number of carbonyl (C=O) groups is 1. The first-order valence-electron chi connectivity index (χ1n) is 15.2. The number of hydrogen-bond acceptors (Lipinski definition) is 7. The SMILES string of the molecule is CCCCNC(=O)N(CC(CC)CCCC)CC(CC)CCCC.[O]=[Sb]([OH])([OH])[F].[O]=[Sb]([OH])([OH])[F].[O]=[Sb]([OH])([OH])[F].[O]=[Sb]([OH])([OH])[F].[O]=[Sb]([OH])([OH])[F].[O]=[Sb]([OH])([OH])[F]. The van der Waals surface area contributed by atoms with Crippen LogP contribution in [-0.4, -0.2) is 192 Å². The van der Waals surface area contributed by atoms with Crippen LogP contribution >= 0.6 is 0 Å². The number of nitrogens with one attached hydrogen (secondary N) is 1. The molecule has 13 N–H and O–H groups in total. The van der Waals surface area contributed by atoms with Crippen LogP contribution < -0.4 is 5.32 Å². The molecule has 0 spiro atoms. The minimum absolute atomic E-state index is 0.161. The van der Waals surface area contributed by atoms with Crippen LogP contribution in [0.25, 0.3) is 0 Å². The van der Waals surface area contributed by atoms with E-state index in [-0.39, 0.29) is 6.03 Å². The van der Waals surface area contributed by atoms with Crippen LogP contribution in [0.2, 0.25) is 0 Å². The number of carbonyl (C=O) groups excluding carboxylic acids is 1. The molecule has 21 nitrogen and oxygen atoms in total. The van der Waals surface area contributed by atoms with Crippen molar-refractivity contribution in [1.82, 2.24) is 10.2 Å². The summed E-state index contributed by atoms with van der Waals surface area (Å²) in [6.07, 6.45) is 12.1. The van der Waals surface area contributed by atoms with Crippen molar-refractivity contribution < 1.29 is 80.4 Å². The van der Waals surface area contributed by atoms with Gasteiger partial charge in [0, 0.05) is 19.6 Å². The average molecular weight is 1490 g/mol. The first kappa shape index (κ1) is 70.6. The van der Waals surface area contributed by atoms with Crippen molar-refractivity contribution in [1.29, 1.82) is 0 Å². The van der Waals surface area contributed by atoms with Gasteiger partial charge in [-0.1, -0.05) is 79.6 Å². The third-order valence-corrected chi connectivity index (χ3v) is 5.14. The summed E-state index contributed by atoms with van der Waals surface area (Å²) in [5.74, 6) is 1.29. The van der Waals surface area contributed by atoms with E-state index in [2.05, 4.69) is 44.8 Å². The van der Waals surface area contributed by atoms with E-state index in [4.69, 9.17) is 58.7 Å². The van der Waals surface area contributed by atoms with Crippen LogP contribution in [-0.2, 0) is 18.1 Å². The van der Waals surface area contributed by atoms with E-state index in [1.165, 1.54) is 51.4 Å². The van der Waals surface area contributed by atoms with Gasteiger partial charge in [0.2, 0.25) is 0 Å². The van der Waals surface area contributed by atoms with Gasteiger partial charge >= 0.3 is 203 Å². The van der Waals surface area contributed by atoms with Gasteiger partial charge in [0.1, 0.15) is 0 Å². The van der Waals surface area contributed by atoms with Crippen molar-refractivity contribution in [2.45, 2.75) is 98.8 Å². The van der Waals surface area contributed by atoms with Crippen LogP contribution in [0.3, 0.4) is 0 Å². The quantitative estimate of drug-likeness (QED) is 0.0535. The summed E-state index contributed by atoms with van der Waals surface area (Å²) in [7, 11) is 0. The number of unbranched alkanes of at least 4 members (excludes halogenated alkanes) is 3. The van der Waals surface area contributed by atoms with Crippen LogP contribution in [0, 0.1) is 11.8 Å². The molecule has 0 saturated carbocycles. The Morgan fingerprint density at radius 1 is 0.481 bits per heavy atom. The standard InChI is InChI=1S/C21H44N2O.6FH.12H2O.6O.6Sb/c1-6-11-14-19(9-4)17-23(21(24)22-16-13-8-3)18-20(10-5)15-12-7-2;;;;;;;;;;;;;;;;;;;;;;;;;;;;;;/h19-20H,6-18H2,1-5H3,(H,22,24);6*1H;12*1H2;;;;;;;;;;;;/q;;;;;;;;;;;;;;;;;;;;;;;;;6*+3/p-18. The summed E-state index contributed by atoms with van der Waals surface area (Å²) in [4.78, 5) is 14.8. The van der Waals surface area contributed by atoms with Gasteiger partial charge in [-0.3, -0.25) is 0 Å². The summed E-state index contributed by atoms with van der Waals surface area (Å²) in [5, 5.41) is 3.14. The van der Waals surface area contributed by atoms with E-state index in [0.29, 0.717) is 11.8 Å². The molecule has 54 heavy (non-hydrogen) atoms. The monoisotopic (exact) mass is 1480 g/mol. The van der Waals surface area contributed by atoms with Crippen LogP contribution in [0.15, 0.2) is 0 Å². The average Bonchev–Trinajstić information content (AvgIpc) is 2.86. The summed E-state index contributed by atoms with van der Waals surface area (Å²) in [6, 6.07) is 0.161. The molecular formula is C21H56F6N2O19Sb6. The molecular weight excluding hydrogens is 1430 g/mol. The van der Waals surface area contributed by atoms with Gasteiger partial charge in [0.05, 0.1) is 0 Å². The molecule has 0 aromatic heterocycles. The number of halogens is 6. The fraction of sp³-hybridized carbons (Fsp3) is 0.952. The van der Waals surface area contributed by atoms with Crippen molar-refractivity contribution in [2.75, 3.05) is 19.6 Å². The molecule has 0 bridgehead atoms. The molecule has 0 radical (unpaired) electrons. The molecule has 336 valence electrons. The molecule has 0 aromatic rings. The Morgan fingerprint density at radius 2 is 0.685 bits per heavy atom. The second kappa shape index (κ2) is 39.2. The van der Waals surface area contributed by atoms with E-state index in [0.717, 1.165) is 32.5 Å². The second-order valence-corrected chi connectivity index (χ2v) is 26.4. The number of rotatable bonds is 15. The zero-order chi connectivity index (χ0) is 45.2. The molecule has 2 unspecified atom stereocenters. The van der Waals surface area contributed by atoms with E-state index in [9.17, 15) is 21.7 Å². The van der Waals surface area contributed by atoms with Crippen LogP contribution in [0.1, 0.15) is 98.8 Å². The van der Waals surface area contributed by atoms with Crippen molar-refractivity contribution in [2.24, 2.45) is 11.8 Å². The maximum atomic E-state index is 12.7. The third kappa shape index (κ3) is 158. The molecule has 33 heteroatoms. The zero-order valence-electron chi connectivity index (χ0n) is 30.0. The van der Waals surface area contributed by atoms with Crippen LogP contribution in [0.5, 0.6) is 0 Å². The normalized spacial score (nSPS) is 12.6. The van der Waals surface area contributed by atoms with Gasteiger partial charge in [0.25, 0.3) is 0 Å². The van der Waals surface area contributed by atoms with Crippen molar-refractivity contribution >= 4 is 127 Å². The molecule has 2 atom stereocenters. The summed E-state index contributed by atoms with van der Waals surface area (Å²) < 4.78 is 200. The van der Waals surface area contributed by atoms with Crippen LogP contribution in [0.4, 0.5) is 21.7 Å². The van der Waals surface area contributed by atoms with Crippen molar-refractivity contribution in [3.63, 3.8) is 0 Å². The first-order chi connectivity index (χ1) is 23.6. The molecule has 0 saturated heterocycles. The Kier molecular flexibility index (Phi) is 51.3. The number of urea groups is 1. The number of nitrogens with zero attached hydrogens (tertiary/aromatic N) is 1. The third-order valence-electron chi connectivity index (χ3n) is 5.14. The van der Waals surface area contributed by atoms with E-state index < -0.39 is 121 Å². The fourth-order valence-corrected chi connectivity index (χ4v) is 3.18. The number of hydrogen-bond donors (Lipinski definition) is 13. The number of amides is 2. The Balaban J connectivity index is -0.000000118. The molecule has 0 aliphatic rings. The van der Waals surface area contributed by atoms with Gasteiger partial charge in [-0.25, -0.2) is 4.79 Å². The molecule has 0 aliphatic heterocycles. The molecule has 0 fully saturated rings. The van der Waals surface area contributed by atoms with Gasteiger partial charge < -0.3 is 10.2 Å². The minimum atomic E-state index is -5.85. The van der Waals surface area contributed by atoms with Gasteiger partial charge in [-0.05, 0) is 31.1 Å². The predicted octanol–water partition coefficient (Wildman–Crippen LogP) is -0.929. The molecule has 0 aliphatic carbocycles. The summed E-state index contributed by atoms with van der Waals surface area (Å²) in [6.45, 7) is 13.9. The van der Waals surface area contributed by atoms with E-state index >= 15 is 0 Å². The second-order valence-electron chi connectivity index (χ2n) is 10.2. The van der Waals surface area contributed by atoms with Gasteiger partial charge in [-0.2, -0.15) is 0 Å². The topological polar surface area (TPSA) is 378 Å². The molecule has 2 amide bonds. The first-order valence-corrected chi connectivity index (χ1v) is 40.9. The molecule has 0 heterocycles. The van der Waals surface area contributed by atoms with Crippen molar-refractivity contribution in [3.05, 3.63) is 0 Å². The Morgan fingerprint density at radius 3 is 0.852 bits per heavy atom. The van der Waals surface area contributed by atoms with Crippen molar-refractivity contribution in [3.8, 4) is 0 Å². The van der Waals surface area contributed by atoms with Gasteiger partial charge in [0.15, 0.2) is 0 Å². The Hall–Kier alpha value is 2.08.